The molecule has 5 rings (SSSR count). The molecule has 0 spiro atoms. The standard InChI is InChI=1S/C32H34N2O6/c1-37-28-17-22(18-29(38-2)30(28)39-3)21-33-13-15-34(16-14-33)31(35)26-10-9-25-20-27(12-11-24(25)19-26)40-32(36)23-7-5-4-6-8-23/h4-8,11-12,17-20H,9-10,13-16,21H2,1-3H3. The summed E-state index contributed by atoms with van der Waals surface area (Å²) in [6.45, 7) is 3.63. The number of methoxy groups -OCH3 is 3. The number of benzene rings is 3. The number of fused-ring (bicyclic) bond motifs is 1. The minimum absolute atomic E-state index is 0.0951. The third-order valence-electron chi connectivity index (χ3n) is 7.39. The van der Waals surface area contributed by atoms with Gasteiger partial charge in [0.25, 0.3) is 0 Å². The van der Waals surface area contributed by atoms with E-state index < -0.39 is 0 Å². The van der Waals surface area contributed by atoms with Gasteiger partial charge in [0, 0.05) is 38.3 Å². The van der Waals surface area contributed by atoms with Gasteiger partial charge in [-0.2, -0.15) is 0 Å². The van der Waals surface area contributed by atoms with Gasteiger partial charge < -0.3 is 23.8 Å². The predicted octanol–water partition coefficient (Wildman–Crippen LogP) is 4.61. The SMILES string of the molecule is COc1cc(CN2CCN(C(=O)C3=Cc4ccc(OC(=O)c5ccccc5)cc4CC3)CC2)cc(OC)c1OC. The second kappa shape index (κ2) is 12.3. The van der Waals surface area contributed by atoms with Crippen LogP contribution in [0.25, 0.3) is 6.08 Å². The van der Waals surface area contributed by atoms with Gasteiger partial charge in [-0.25, -0.2) is 4.79 Å². The Kier molecular flexibility index (Phi) is 8.36. The number of esters is 1. The Hall–Kier alpha value is -4.30. The number of hydrogen-bond acceptors (Lipinski definition) is 7. The van der Waals surface area contributed by atoms with E-state index >= 15 is 0 Å². The first-order valence-corrected chi connectivity index (χ1v) is 13.4. The van der Waals surface area contributed by atoms with Crippen molar-refractivity contribution in [1.29, 1.82) is 0 Å². The van der Waals surface area contributed by atoms with Crippen LogP contribution >= 0.6 is 0 Å². The van der Waals surface area contributed by atoms with Crippen LogP contribution in [-0.4, -0.2) is 69.2 Å². The number of carbonyl (C=O) groups is 2. The van der Waals surface area contributed by atoms with Gasteiger partial charge in [0.05, 0.1) is 26.9 Å². The lowest BCUT2D eigenvalue weighted by molar-refractivity contribution is -0.129. The molecule has 1 aliphatic carbocycles. The van der Waals surface area contributed by atoms with Crippen molar-refractivity contribution in [1.82, 2.24) is 9.80 Å². The number of amides is 1. The summed E-state index contributed by atoms with van der Waals surface area (Å²) in [5, 5.41) is 0. The first-order chi connectivity index (χ1) is 19.5. The molecule has 8 nitrogen and oxygen atoms in total. The number of carbonyl (C=O) groups excluding carboxylic acids is 2. The summed E-state index contributed by atoms with van der Waals surface area (Å²) >= 11 is 0. The first-order valence-electron chi connectivity index (χ1n) is 13.4. The van der Waals surface area contributed by atoms with Crippen molar-refractivity contribution in [3.8, 4) is 23.0 Å². The fourth-order valence-corrected chi connectivity index (χ4v) is 5.24. The maximum atomic E-state index is 13.4. The van der Waals surface area contributed by atoms with Crippen molar-refractivity contribution >= 4 is 18.0 Å². The number of nitrogens with zero attached hydrogens (tertiary/aromatic N) is 2. The molecule has 0 atom stereocenters. The van der Waals surface area contributed by atoms with Gasteiger partial charge >= 0.3 is 5.97 Å². The summed E-state index contributed by atoms with van der Waals surface area (Å²) in [6, 6.07) is 18.5. The zero-order chi connectivity index (χ0) is 28.1. The van der Waals surface area contributed by atoms with Crippen LogP contribution in [0.3, 0.4) is 0 Å². The number of piperazine rings is 1. The second-order valence-corrected chi connectivity index (χ2v) is 9.89. The average molecular weight is 543 g/mol. The molecule has 8 heteroatoms. The van der Waals surface area contributed by atoms with E-state index in [4.69, 9.17) is 18.9 Å². The van der Waals surface area contributed by atoms with E-state index in [1.807, 2.05) is 53.4 Å². The predicted molar refractivity (Wildman–Crippen MR) is 152 cm³/mol. The van der Waals surface area contributed by atoms with Crippen molar-refractivity contribution in [2.45, 2.75) is 19.4 Å². The molecule has 208 valence electrons. The minimum atomic E-state index is -0.382. The van der Waals surface area contributed by atoms with E-state index in [0.717, 1.165) is 48.3 Å². The maximum absolute atomic E-state index is 13.4. The molecule has 1 fully saturated rings. The summed E-state index contributed by atoms with van der Waals surface area (Å²) in [5.74, 6) is 2.08. The van der Waals surface area contributed by atoms with Crippen molar-refractivity contribution in [2.24, 2.45) is 0 Å². The highest BCUT2D eigenvalue weighted by Gasteiger charge is 2.26. The highest BCUT2D eigenvalue weighted by Crippen LogP contribution is 2.38. The Labute approximate surface area is 234 Å². The van der Waals surface area contributed by atoms with Gasteiger partial charge in [0.1, 0.15) is 5.75 Å². The molecule has 0 aromatic heterocycles. The Morgan fingerprint density at radius 3 is 2.15 bits per heavy atom. The molecule has 2 aliphatic rings. The Morgan fingerprint density at radius 2 is 1.50 bits per heavy atom. The number of ether oxygens (including phenoxy) is 4. The van der Waals surface area contributed by atoms with E-state index in [0.29, 0.717) is 48.1 Å². The van der Waals surface area contributed by atoms with Crippen LogP contribution in [0.4, 0.5) is 0 Å². The van der Waals surface area contributed by atoms with Crippen LogP contribution in [0.2, 0.25) is 0 Å². The summed E-state index contributed by atoms with van der Waals surface area (Å²) in [6.07, 6.45) is 3.37. The molecular formula is C32H34N2O6. The van der Waals surface area contributed by atoms with Gasteiger partial charge in [-0.05, 0) is 72.0 Å². The van der Waals surface area contributed by atoms with Crippen LogP contribution in [-0.2, 0) is 17.8 Å². The van der Waals surface area contributed by atoms with Gasteiger partial charge in [-0.1, -0.05) is 24.3 Å². The lowest BCUT2D eigenvalue weighted by atomic mass is 9.91. The molecule has 1 amide bonds. The van der Waals surface area contributed by atoms with Gasteiger partial charge in [0.15, 0.2) is 11.5 Å². The van der Waals surface area contributed by atoms with Gasteiger partial charge in [-0.3, -0.25) is 9.69 Å². The highest BCUT2D eigenvalue weighted by atomic mass is 16.5. The average Bonchev–Trinajstić information content (AvgIpc) is 3.00. The Morgan fingerprint density at radius 1 is 0.800 bits per heavy atom. The van der Waals surface area contributed by atoms with Crippen LogP contribution in [0.5, 0.6) is 23.0 Å². The summed E-state index contributed by atoms with van der Waals surface area (Å²) in [5.41, 5.74) is 4.46. The molecule has 0 unspecified atom stereocenters. The fourth-order valence-electron chi connectivity index (χ4n) is 5.24. The van der Waals surface area contributed by atoms with E-state index in [2.05, 4.69) is 4.90 Å². The molecule has 40 heavy (non-hydrogen) atoms. The van der Waals surface area contributed by atoms with Crippen LogP contribution in [0.15, 0.2) is 66.2 Å². The third-order valence-corrected chi connectivity index (χ3v) is 7.39. The van der Waals surface area contributed by atoms with Gasteiger partial charge in [-0.15, -0.1) is 0 Å². The van der Waals surface area contributed by atoms with E-state index in [1.54, 1.807) is 39.5 Å². The molecular weight excluding hydrogens is 508 g/mol. The van der Waals surface area contributed by atoms with Crippen molar-refractivity contribution in [3.05, 3.63) is 88.5 Å². The van der Waals surface area contributed by atoms with Crippen LogP contribution in [0.1, 0.15) is 33.5 Å². The minimum Gasteiger partial charge on any atom is -0.493 e. The number of rotatable bonds is 8. The molecule has 3 aromatic rings. The van der Waals surface area contributed by atoms with E-state index in [-0.39, 0.29) is 11.9 Å². The largest absolute Gasteiger partial charge is 0.493 e. The summed E-state index contributed by atoms with van der Waals surface area (Å²) in [4.78, 5) is 30.0. The normalized spacial score (nSPS) is 15.1. The molecule has 1 aliphatic heterocycles. The Balaban J connectivity index is 1.18. The van der Waals surface area contributed by atoms with Crippen molar-refractivity contribution in [3.63, 3.8) is 0 Å². The molecule has 0 N–H and O–H groups in total. The molecule has 3 aromatic carbocycles. The van der Waals surface area contributed by atoms with Crippen LogP contribution in [0, 0.1) is 0 Å². The molecule has 0 saturated carbocycles. The lowest BCUT2D eigenvalue weighted by Crippen LogP contribution is -2.48. The topological polar surface area (TPSA) is 77.5 Å². The van der Waals surface area contributed by atoms with Gasteiger partial charge in [0.2, 0.25) is 11.7 Å². The van der Waals surface area contributed by atoms with Crippen molar-refractivity contribution < 1.29 is 28.5 Å². The maximum Gasteiger partial charge on any atom is 0.343 e. The van der Waals surface area contributed by atoms with E-state index in [1.165, 1.54) is 0 Å². The van der Waals surface area contributed by atoms with E-state index in [9.17, 15) is 9.59 Å². The quantitative estimate of drug-likeness (QED) is 0.304. The summed E-state index contributed by atoms with van der Waals surface area (Å²) < 4.78 is 22.0. The molecule has 0 bridgehead atoms. The second-order valence-electron chi connectivity index (χ2n) is 9.89. The zero-order valence-electron chi connectivity index (χ0n) is 23.1. The number of aryl methyl sites for hydroxylation is 1. The fraction of sp³-hybridized carbons (Fsp3) is 0.312. The summed E-state index contributed by atoms with van der Waals surface area (Å²) in [7, 11) is 4.82. The van der Waals surface area contributed by atoms with Crippen molar-refractivity contribution in [2.75, 3.05) is 47.5 Å². The first kappa shape index (κ1) is 27.3. The number of hydrogen-bond donors (Lipinski definition) is 0. The monoisotopic (exact) mass is 542 g/mol. The lowest BCUT2D eigenvalue weighted by Gasteiger charge is -2.35. The Bertz CT molecular complexity index is 1390. The highest BCUT2D eigenvalue weighted by molar-refractivity contribution is 5.99. The molecule has 1 heterocycles. The zero-order valence-corrected chi connectivity index (χ0v) is 23.1. The molecule has 1 saturated heterocycles. The molecule has 0 radical (unpaired) electrons. The third kappa shape index (κ3) is 5.97. The van der Waals surface area contributed by atoms with Crippen LogP contribution < -0.4 is 18.9 Å². The smallest absolute Gasteiger partial charge is 0.343 e.